The van der Waals surface area contributed by atoms with Crippen molar-refractivity contribution in [3.05, 3.63) is 12.4 Å². The SMILES string of the molecule is Cn1ccnc1SCCNC1CCCCCC1. The van der Waals surface area contributed by atoms with Gasteiger partial charge in [-0.2, -0.15) is 0 Å². The van der Waals surface area contributed by atoms with Crippen LogP contribution in [0, 0.1) is 0 Å². The Labute approximate surface area is 108 Å². The minimum atomic E-state index is 0.763. The van der Waals surface area contributed by atoms with Gasteiger partial charge in [-0.3, -0.25) is 0 Å². The summed E-state index contributed by atoms with van der Waals surface area (Å²) in [6.07, 6.45) is 12.3. The minimum Gasteiger partial charge on any atom is -0.329 e. The maximum Gasteiger partial charge on any atom is 0.167 e. The van der Waals surface area contributed by atoms with E-state index < -0.39 is 0 Å². The van der Waals surface area contributed by atoms with E-state index in [2.05, 4.69) is 14.9 Å². The molecule has 0 spiro atoms. The van der Waals surface area contributed by atoms with Crippen molar-refractivity contribution >= 4 is 11.8 Å². The Morgan fingerprint density at radius 3 is 2.76 bits per heavy atom. The molecule has 0 atom stereocenters. The molecule has 3 nitrogen and oxygen atoms in total. The fourth-order valence-electron chi connectivity index (χ4n) is 2.38. The van der Waals surface area contributed by atoms with Gasteiger partial charge in [0.1, 0.15) is 0 Å². The Morgan fingerprint density at radius 1 is 1.35 bits per heavy atom. The molecule has 4 heteroatoms. The van der Waals surface area contributed by atoms with Crippen molar-refractivity contribution in [2.24, 2.45) is 7.05 Å². The van der Waals surface area contributed by atoms with Crippen LogP contribution in [-0.4, -0.2) is 27.9 Å². The van der Waals surface area contributed by atoms with Gasteiger partial charge in [0.2, 0.25) is 0 Å². The van der Waals surface area contributed by atoms with Gasteiger partial charge in [0, 0.05) is 37.8 Å². The molecule has 2 rings (SSSR count). The Morgan fingerprint density at radius 2 is 2.12 bits per heavy atom. The van der Waals surface area contributed by atoms with E-state index in [-0.39, 0.29) is 0 Å². The number of rotatable bonds is 5. The van der Waals surface area contributed by atoms with Crippen LogP contribution in [0.2, 0.25) is 0 Å². The molecule has 1 saturated carbocycles. The van der Waals surface area contributed by atoms with Crippen LogP contribution in [0.15, 0.2) is 17.6 Å². The monoisotopic (exact) mass is 253 g/mol. The van der Waals surface area contributed by atoms with Crippen molar-refractivity contribution in [1.29, 1.82) is 0 Å². The van der Waals surface area contributed by atoms with Gasteiger partial charge in [-0.05, 0) is 12.8 Å². The predicted molar refractivity (Wildman–Crippen MR) is 73.4 cm³/mol. The van der Waals surface area contributed by atoms with Crippen molar-refractivity contribution in [3.8, 4) is 0 Å². The predicted octanol–water partition coefficient (Wildman–Crippen LogP) is 2.82. The Kier molecular flexibility index (Phi) is 5.39. The lowest BCUT2D eigenvalue weighted by molar-refractivity contribution is 0.474. The second kappa shape index (κ2) is 7.07. The third-order valence-corrected chi connectivity index (χ3v) is 4.46. The molecule has 1 aromatic heterocycles. The van der Waals surface area contributed by atoms with E-state index >= 15 is 0 Å². The number of thioether (sulfide) groups is 1. The van der Waals surface area contributed by atoms with Crippen LogP contribution in [0.4, 0.5) is 0 Å². The molecule has 17 heavy (non-hydrogen) atoms. The van der Waals surface area contributed by atoms with Crippen molar-refractivity contribution in [2.45, 2.75) is 49.7 Å². The topological polar surface area (TPSA) is 29.9 Å². The summed E-state index contributed by atoms with van der Waals surface area (Å²) in [4.78, 5) is 4.31. The average Bonchev–Trinajstić information content (AvgIpc) is 2.60. The molecule has 1 heterocycles. The molecule has 0 unspecified atom stereocenters. The molecule has 1 aromatic rings. The molecule has 1 fully saturated rings. The number of hydrogen-bond acceptors (Lipinski definition) is 3. The van der Waals surface area contributed by atoms with E-state index in [1.807, 2.05) is 31.2 Å². The zero-order chi connectivity index (χ0) is 11.9. The summed E-state index contributed by atoms with van der Waals surface area (Å²) in [5.41, 5.74) is 0. The number of imidazole rings is 1. The molecule has 0 aliphatic heterocycles. The fraction of sp³-hybridized carbons (Fsp3) is 0.769. The first-order chi connectivity index (χ1) is 8.36. The van der Waals surface area contributed by atoms with E-state index in [0.717, 1.165) is 23.5 Å². The lowest BCUT2D eigenvalue weighted by Gasteiger charge is -2.15. The quantitative estimate of drug-likeness (QED) is 0.497. The lowest BCUT2D eigenvalue weighted by atomic mass is 10.1. The van der Waals surface area contributed by atoms with Crippen molar-refractivity contribution in [1.82, 2.24) is 14.9 Å². The number of hydrogen-bond donors (Lipinski definition) is 1. The van der Waals surface area contributed by atoms with Crippen LogP contribution in [0.3, 0.4) is 0 Å². The summed E-state index contributed by atoms with van der Waals surface area (Å²) in [5, 5.41) is 4.80. The molecule has 1 N–H and O–H groups in total. The highest BCUT2D eigenvalue weighted by molar-refractivity contribution is 7.99. The number of aryl methyl sites for hydroxylation is 1. The highest BCUT2D eigenvalue weighted by atomic mass is 32.2. The largest absolute Gasteiger partial charge is 0.329 e. The smallest absolute Gasteiger partial charge is 0.167 e. The molecular formula is C13H23N3S. The third kappa shape index (κ3) is 4.36. The van der Waals surface area contributed by atoms with E-state index in [1.165, 1.54) is 38.5 Å². The molecule has 96 valence electrons. The van der Waals surface area contributed by atoms with Gasteiger partial charge in [0.15, 0.2) is 5.16 Å². The minimum absolute atomic E-state index is 0.763. The maximum atomic E-state index is 4.31. The van der Waals surface area contributed by atoms with Crippen molar-refractivity contribution in [3.63, 3.8) is 0 Å². The number of nitrogens with one attached hydrogen (secondary N) is 1. The van der Waals surface area contributed by atoms with E-state index in [9.17, 15) is 0 Å². The Balaban J connectivity index is 1.61. The van der Waals surface area contributed by atoms with Gasteiger partial charge in [-0.25, -0.2) is 4.98 Å². The van der Waals surface area contributed by atoms with E-state index in [1.54, 1.807) is 0 Å². The first-order valence-electron chi connectivity index (χ1n) is 6.70. The normalized spacial score (nSPS) is 18.2. The maximum absolute atomic E-state index is 4.31. The zero-order valence-electron chi connectivity index (χ0n) is 10.7. The molecule has 1 aliphatic carbocycles. The molecule has 0 radical (unpaired) electrons. The van der Waals surface area contributed by atoms with Crippen molar-refractivity contribution in [2.75, 3.05) is 12.3 Å². The summed E-state index contributed by atoms with van der Waals surface area (Å²) < 4.78 is 2.08. The summed E-state index contributed by atoms with van der Waals surface area (Å²) in [7, 11) is 2.05. The zero-order valence-corrected chi connectivity index (χ0v) is 11.5. The van der Waals surface area contributed by atoms with Crippen LogP contribution >= 0.6 is 11.8 Å². The second-order valence-electron chi connectivity index (χ2n) is 4.81. The summed E-state index contributed by atoms with van der Waals surface area (Å²) in [6, 6.07) is 0.763. The summed E-state index contributed by atoms with van der Waals surface area (Å²) >= 11 is 1.84. The molecule has 0 aromatic carbocycles. The summed E-state index contributed by atoms with van der Waals surface area (Å²) in [5.74, 6) is 1.11. The average molecular weight is 253 g/mol. The second-order valence-corrected chi connectivity index (χ2v) is 5.87. The van der Waals surface area contributed by atoms with E-state index in [0.29, 0.717) is 0 Å². The van der Waals surface area contributed by atoms with Gasteiger partial charge >= 0.3 is 0 Å². The molecule has 0 amide bonds. The first-order valence-corrected chi connectivity index (χ1v) is 7.68. The third-order valence-electron chi connectivity index (χ3n) is 3.40. The molecule has 1 aliphatic rings. The van der Waals surface area contributed by atoms with Crippen LogP contribution < -0.4 is 5.32 Å². The van der Waals surface area contributed by atoms with Crippen LogP contribution in [0.25, 0.3) is 0 Å². The number of aromatic nitrogens is 2. The van der Waals surface area contributed by atoms with Gasteiger partial charge in [-0.15, -0.1) is 0 Å². The van der Waals surface area contributed by atoms with Gasteiger partial charge in [-0.1, -0.05) is 37.4 Å². The van der Waals surface area contributed by atoms with Crippen LogP contribution in [0.1, 0.15) is 38.5 Å². The first kappa shape index (κ1) is 13.0. The van der Waals surface area contributed by atoms with Gasteiger partial charge in [0.25, 0.3) is 0 Å². The van der Waals surface area contributed by atoms with Gasteiger partial charge < -0.3 is 9.88 Å². The molecule has 0 bridgehead atoms. The Bertz CT molecular complexity index is 316. The molecular weight excluding hydrogens is 230 g/mol. The van der Waals surface area contributed by atoms with Crippen LogP contribution in [0.5, 0.6) is 0 Å². The summed E-state index contributed by atoms with van der Waals surface area (Å²) in [6.45, 7) is 1.10. The lowest BCUT2D eigenvalue weighted by Crippen LogP contribution is -2.30. The van der Waals surface area contributed by atoms with E-state index in [4.69, 9.17) is 0 Å². The van der Waals surface area contributed by atoms with Crippen LogP contribution in [-0.2, 0) is 7.05 Å². The highest BCUT2D eigenvalue weighted by Gasteiger charge is 2.10. The Hall–Kier alpha value is -0.480. The number of nitrogens with zero attached hydrogens (tertiary/aromatic N) is 2. The molecule has 0 saturated heterocycles. The standard InChI is InChI=1S/C13H23N3S/c1-16-10-8-15-13(16)17-11-9-14-12-6-4-2-3-5-7-12/h8,10,12,14H,2-7,9,11H2,1H3. The fourth-order valence-corrected chi connectivity index (χ4v) is 3.18. The van der Waals surface area contributed by atoms with Crippen molar-refractivity contribution < 1.29 is 0 Å². The highest BCUT2D eigenvalue weighted by Crippen LogP contribution is 2.18. The van der Waals surface area contributed by atoms with Gasteiger partial charge in [0.05, 0.1) is 0 Å².